The molecule has 1 saturated heterocycles. The standard InChI is InChI=1S/C16H10F3N3O3S3/c17-16(18,19)8-2-1-3-9(4-8)20-14-21-10(7-27-14)5-11-13(25)22(6-12(23)24)15(26)28-11/h1-5,7H,6H2,(H,20,21)(H,23,24)/b11-5-. The Morgan fingerprint density at radius 2 is 2.14 bits per heavy atom. The van der Waals surface area contributed by atoms with Gasteiger partial charge in [0, 0.05) is 11.1 Å². The maximum Gasteiger partial charge on any atom is 0.416 e. The fraction of sp³-hybridized carbons (Fsp3) is 0.125. The van der Waals surface area contributed by atoms with E-state index in [1.807, 2.05) is 0 Å². The molecule has 0 saturated carbocycles. The van der Waals surface area contributed by atoms with Gasteiger partial charge in [0.15, 0.2) is 5.13 Å². The van der Waals surface area contributed by atoms with Gasteiger partial charge in [0.05, 0.1) is 16.2 Å². The number of carboxylic acid groups (broad SMARTS) is 1. The van der Waals surface area contributed by atoms with Crippen molar-refractivity contribution in [2.24, 2.45) is 0 Å². The van der Waals surface area contributed by atoms with Gasteiger partial charge in [-0.15, -0.1) is 11.3 Å². The fourth-order valence-electron chi connectivity index (χ4n) is 2.21. The van der Waals surface area contributed by atoms with Crippen molar-refractivity contribution < 1.29 is 27.9 Å². The van der Waals surface area contributed by atoms with Crippen molar-refractivity contribution in [2.45, 2.75) is 6.18 Å². The number of nitrogens with zero attached hydrogens (tertiary/aromatic N) is 2. The lowest BCUT2D eigenvalue weighted by molar-refractivity contribution is -0.140. The molecule has 0 bridgehead atoms. The van der Waals surface area contributed by atoms with Gasteiger partial charge in [0.25, 0.3) is 5.91 Å². The zero-order chi connectivity index (χ0) is 20.5. The number of aliphatic carboxylic acids is 1. The Morgan fingerprint density at radius 1 is 1.39 bits per heavy atom. The minimum absolute atomic E-state index is 0.135. The number of carbonyl (C=O) groups excluding carboxylic acids is 1. The topological polar surface area (TPSA) is 82.5 Å². The molecule has 1 fully saturated rings. The number of alkyl halides is 3. The summed E-state index contributed by atoms with van der Waals surface area (Å²) in [6, 6.07) is 4.70. The Hall–Kier alpha value is -2.44. The third kappa shape index (κ3) is 4.69. The number of nitrogens with one attached hydrogen (secondary N) is 1. The summed E-state index contributed by atoms with van der Waals surface area (Å²) in [6.07, 6.45) is -2.99. The number of carbonyl (C=O) groups is 2. The van der Waals surface area contributed by atoms with E-state index >= 15 is 0 Å². The molecule has 0 unspecified atom stereocenters. The van der Waals surface area contributed by atoms with Crippen LogP contribution < -0.4 is 5.32 Å². The number of benzene rings is 1. The quantitative estimate of drug-likeness (QED) is 0.527. The van der Waals surface area contributed by atoms with Gasteiger partial charge in [-0.2, -0.15) is 13.2 Å². The minimum Gasteiger partial charge on any atom is -0.480 e. The van der Waals surface area contributed by atoms with Crippen molar-refractivity contribution in [1.29, 1.82) is 0 Å². The van der Waals surface area contributed by atoms with E-state index in [9.17, 15) is 22.8 Å². The van der Waals surface area contributed by atoms with Crippen LogP contribution in [0.25, 0.3) is 6.08 Å². The van der Waals surface area contributed by atoms with Crippen LogP contribution in [0.1, 0.15) is 11.3 Å². The third-order valence-corrected chi connectivity index (χ3v) is 5.56. The number of rotatable bonds is 5. The fourth-order valence-corrected chi connectivity index (χ4v) is 4.14. The number of carboxylic acids is 1. The summed E-state index contributed by atoms with van der Waals surface area (Å²) in [5.74, 6) is -1.71. The predicted octanol–water partition coefficient (Wildman–Crippen LogP) is 4.19. The monoisotopic (exact) mass is 445 g/mol. The molecule has 2 N–H and O–H groups in total. The molecule has 6 nitrogen and oxygen atoms in total. The highest BCUT2D eigenvalue weighted by Gasteiger charge is 2.33. The Morgan fingerprint density at radius 3 is 2.82 bits per heavy atom. The molecule has 0 atom stereocenters. The van der Waals surface area contributed by atoms with Crippen LogP contribution in [0, 0.1) is 0 Å². The molecule has 1 aliphatic rings. The maximum absolute atomic E-state index is 12.8. The van der Waals surface area contributed by atoms with Gasteiger partial charge < -0.3 is 10.4 Å². The van der Waals surface area contributed by atoms with E-state index in [0.29, 0.717) is 10.8 Å². The Labute approximate surface area is 170 Å². The number of hydrogen-bond acceptors (Lipinski definition) is 7. The minimum atomic E-state index is -4.45. The van der Waals surface area contributed by atoms with Crippen LogP contribution in [-0.4, -0.2) is 37.7 Å². The van der Waals surface area contributed by atoms with E-state index < -0.39 is 30.2 Å². The lowest BCUT2D eigenvalue weighted by atomic mass is 10.2. The highest BCUT2D eigenvalue weighted by molar-refractivity contribution is 8.26. The van der Waals surface area contributed by atoms with Crippen LogP contribution in [0.3, 0.4) is 0 Å². The number of thioether (sulfide) groups is 1. The molecule has 0 radical (unpaired) electrons. The van der Waals surface area contributed by atoms with E-state index in [0.717, 1.165) is 40.1 Å². The normalized spacial score (nSPS) is 16.1. The van der Waals surface area contributed by atoms with Crippen molar-refractivity contribution in [2.75, 3.05) is 11.9 Å². The Kier molecular flexibility index (Phi) is 5.72. The van der Waals surface area contributed by atoms with Gasteiger partial charge in [-0.3, -0.25) is 14.5 Å². The highest BCUT2D eigenvalue weighted by atomic mass is 32.2. The summed E-state index contributed by atoms with van der Waals surface area (Å²) in [6.45, 7) is -0.526. The largest absolute Gasteiger partial charge is 0.480 e. The highest BCUT2D eigenvalue weighted by Crippen LogP contribution is 2.34. The Balaban J connectivity index is 1.75. The van der Waals surface area contributed by atoms with E-state index in [2.05, 4.69) is 10.3 Å². The first kappa shape index (κ1) is 20.3. The van der Waals surface area contributed by atoms with Crippen LogP contribution in [0.4, 0.5) is 24.0 Å². The average Bonchev–Trinajstić information content (AvgIpc) is 3.14. The van der Waals surface area contributed by atoms with Crippen molar-refractivity contribution >= 4 is 68.4 Å². The number of thiocarbonyl (C=S) groups is 1. The number of halogens is 3. The summed E-state index contributed by atoms with van der Waals surface area (Å²) in [5, 5.41) is 13.6. The lowest BCUT2D eigenvalue weighted by Gasteiger charge is -2.10. The zero-order valence-corrected chi connectivity index (χ0v) is 16.1. The smallest absolute Gasteiger partial charge is 0.416 e. The van der Waals surface area contributed by atoms with E-state index in [1.54, 1.807) is 5.38 Å². The molecule has 2 aromatic rings. The van der Waals surface area contributed by atoms with Crippen LogP contribution in [0.15, 0.2) is 34.6 Å². The average molecular weight is 445 g/mol. The summed E-state index contributed by atoms with van der Waals surface area (Å²) >= 11 is 7.11. The first-order valence-corrected chi connectivity index (χ1v) is 9.61. The molecule has 1 aliphatic heterocycles. The van der Waals surface area contributed by atoms with Crippen molar-refractivity contribution in [3.8, 4) is 0 Å². The summed E-state index contributed by atoms with van der Waals surface area (Å²) in [7, 11) is 0. The first-order chi connectivity index (χ1) is 13.1. The van der Waals surface area contributed by atoms with Gasteiger partial charge in [0.1, 0.15) is 10.9 Å². The SMILES string of the molecule is O=C(O)CN1C(=O)/C(=C/c2csc(Nc3cccc(C(F)(F)F)c3)n2)SC1=S. The summed E-state index contributed by atoms with van der Waals surface area (Å²) in [5.41, 5.74) is -0.157. The summed E-state index contributed by atoms with van der Waals surface area (Å²) in [4.78, 5) is 28.4. The number of thiazole rings is 1. The van der Waals surface area contributed by atoms with Crippen LogP contribution in [-0.2, 0) is 15.8 Å². The molecule has 1 aromatic carbocycles. The van der Waals surface area contributed by atoms with Crippen LogP contribution in [0.5, 0.6) is 0 Å². The lowest BCUT2D eigenvalue weighted by Crippen LogP contribution is -2.33. The molecular weight excluding hydrogens is 435 g/mol. The molecule has 0 spiro atoms. The van der Waals surface area contributed by atoms with Gasteiger partial charge in [-0.05, 0) is 24.3 Å². The second-order valence-corrected chi connectivity index (χ2v) is 7.98. The number of anilines is 2. The molecule has 1 aromatic heterocycles. The van der Waals surface area contributed by atoms with Crippen LogP contribution in [0.2, 0.25) is 0 Å². The molecule has 0 aliphatic carbocycles. The number of hydrogen-bond donors (Lipinski definition) is 2. The van der Waals surface area contributed by atoms with E-state index in [4.69, 9.17) is 17.3 Å². The molecule has 28 heavy (non-hydrogen) atoms. The van der Waals surface area contributed by atoms with Gasteiger partial charge in [-0.25, -0.2) is 4.98 Å². The molecule has 1 amide bonds. The molecule has 146 valence electrons. The van der Waals surface area contributed by atoms with Crippen molar-refractivity contribution in [1.82, 2.24) is 9.88 Å². The molecule has 2 heterocycles. The Bertz CT molecular complexity index is 988. The van der Waals surface area contributed by atoms with Gasteiger partial charge >= 0.3 is 12.1 Å². The summed E-state index contributed by atoms with van der Waals surface area (Å²) < 4.78 is 38.5. The first-order valence-electron chi connectivity index (χ1n) is 7.50. The number of aromatic nitrogens is 1. The second-order valence-electron chi connectivity index (χ2n) is 5.44. The molecule has 12 heteroatoms. The molecule has 3 rings (SSSR count). The number of amides is 1. The van der Waals surface area contributed by atoms with Gasteiger partial charge in [-0.1, -0.05) is 30.0 Å². The van der Waals surface area contributed by atoms with Crippen LogP contribution >= 0.6 is 35.3 Å². The second kappa shape index (κ2) is 7.89. The maximum atomic E-state index is 12.8. The van der Waals surface area contributed by atoms with Crippen molar-refractivity contribution in [3.05, 3.63) is 45.8 Å². The zero-order valence-electron chi connectivity index (χ0n) is 13.7. The van der Waals surface area contributed by atoms with Crippen molar-refractivity contribution in [3.63, 3.8) is 0 Å². The third-order valence-electron chi connectivity index (χ3n) is 3.41. The molecular formula is C16H10F3N3O3S3. The van der Waals surface area contributed by atoms with Gasteiger partial charge in [0.2, 0.25) is 0 Å². The predicted molar refractivity (Wildman–Crippen MR) is 104 cm³/mol. The van der Waals surface area contributed by atoms with E-state index in [1.165, 1.54) is 18.2 Å². The van der Waals surface area contributed by atoms with E-state index in [-0.39, 0.29) is 14.9 Å².